The molecule has 34 heavy (non-hydrogen) atoms. The number of allylic oxidation sites excluding steroid dienone is 2. The maximum absolute atomic E-state index is 15.4. The Labute approximate surface area is 196 Å². The lowest BCUT2D eigenvalue weighted by molar-refractivity contribution is -0.261. The zero-order valence-electron chi connectivity index (χ0n) is 18.7. The molecule has 2 fully saturated rings. The van der Waals surface area contributed by atoms with Crippen molar-refractivity contribution in [2.75, 3.05) is 6.61 Å². The Morgan fingerprint density at radius 2 is 1.68 bits per heavy atom. The van der Waals surface area contributed by atoms with E-state index in [9.17, 15) is 22.0 Å². The lowest BCUT2D eigenvalue weighted by Crippen LogP contribution is -2.40. The number of fused-ring (bicyclic) bond motifs is 1. The Bertz CT molecular complexity index is 1020. The van der Waals surface area contributed by atoms with Crippen molar-refractivity contribution in [2.45, 2.75) is 81.0 Å². The minimum Gasteiger partial charge on any atom is -0.348 e. The summed E-state index contributed by atoms with van der Waals surface area (Å²) in [5, 5.41) is 0. The number of ether oxygens (including phenoxy) is 4. The number of hydrogen-bond acceptors (Lipinski definition) is 6. The maximum atomic E-state index is 15.4. The molecule has 0 unspecified atom stereocenters. The van der Waals surface area contributed by atoms with Crippen molar-refractivity contribution >= 4 is 23.2 Å². The Morgan fingerprint density at radius 3 is 2.29 bits per heavy atom. The fraction of sp³-hybridized carbons (Fsp3) is 0.591. The van der Waals surface area contributed by atoms with Crippen molar-refractivity contribution in [3.8, 4) is 0 Å². The summed E-state index contributed by atoms with van der Waals surface area (Å²) >= 11 is 0.0103. The molecule has 0 N–H and O–H groups in total. The number of halogens is 6. The molecule has 3 heterocycles. The fourth-order valence-electron chi connectivity index (χ4n) is 3.99. The van der Waals surface area contributed by atoms with Gasteiger partial charge in [0, 0.05) is 11.3 Å². The van der Waals surface area contributed by atoms with Gasteiger partial charge >= 0.3 is 12.1 Å². The summed E-state index contributed by atoms with van der Waals surface area (Å²) in [5.74, 6) is -9.20. The first-order valence-electron chi connectivity index (χ1n) is 10.5. The van der Waals surface area contributed by atoms with Crippen LogP contribution in [0.25, 0.3) is 0 Å². The number of alkyl halides is 5. The van der Waals surface area contributed by atoms with E-state index in [1.807, 2.05) is 0 Å². The molecule has 1 aromatic rings. The van der Waals surface area contributed by atoms with Crippen LogP contribution in [0.5, 0.6) is 0 Å². The number of nitrogens with zero attached hydrogens (tertiary/aromatic N) is 1. The Balaban J connectivity index is 1.73. The van der Waals surface area contributed by atoms with Gasteiger partial charge in [-0.05, 0) is 39.8 Å². The van der Waals surface area contributed by atoms with Crippen LogP contribution >= 0.6 is 11.8 Å². The van der Waals surface area contributed by atoms with Gasteiger partial charge in [0.05, 0.1) is 24.1 Å². The van der Waals surface area contributed by atoms with E-state index in [-0.39, 0.29) is 29.0 Å². The van der Waals surface area contributed by atoms with E-state index < -0.39 is 64.8 Å². The zero-order valence-corrected chi connectivity index (χ0v) is 19.5. The summed E-state index contributed by atoms with van der Waals surface area (Å²) in [5.41, 5.74) is -0.521. The first kappa shape index (κ1) is 25.5. The largest absolute Gasteiger partial charge is 0.458 e. The SMILES string of the molecule is CC1(C)OC[C@@H]([C@H]2OC(C)(C)O[C@@H]2CC2=Nc3ccccc3SC(C(F)(F)C(F)(F)F)=C2F)O1. The maximum Gasteiger partial charge on any atom is 0.458 e. The van der Waals surface area contributed by atoms with E-state index in [2.05, 4.69) is 4.99 Å². The minimum absolute atomic E-state index is 0.0103. The van der Waals surface area contributed by atoms with Crippen molar-refractivity contribution in [1.29, 1.82) is 0 Å². The molecular weight excluding hydrogens is 488 g/mol. The quantitative estimate of drug-likeness (QED) is 0.444. The topological polar surface area (TPSA) is 49.3 Å². The van der Waals surface area contributed by atoms with E-state index in [0.717, 1.165) is 0 Å². The highest BCUT2D eigenvalue weighted by Crippen LogP contribution is 2.52. The monoisotopic (exact) mass is 511 g/mol. The van der Waals surface area contributed by atoms with E-state index in [1.54, 1.807) is 27.7 Å². The second kappa shape index (κ2) is 8.51. The highest BCUT2D eigenvalue weighted by molar-refractivity contribution is 8.03. The van der Waals surface area contributed by atoms with Crippen LogP contribution in [0.4, 0.5) is 32.0 Å². The van der Waals surface area contributed by atoms with Crippen molar-refractivity contribution in [1.82, 2.24) is 0 Å². The molecule has 3 aliphatic heterocycles. The van der Waals surface area contributed by atoms with Crippen molar-refractivity contribution in [2.24, 2.45) is 4.99 Å². The van der Waals surface area contributed by atoms with Crippen molar-refractivity contribution in [3.63, 3.8) is 0 Å². The minimum atomic E-state index is -5.99. The van der Waals surface area contributed by atoms with Gasteiger partial charge in [-0.1, -0.05) is 23.9 Å². The molecule has 2 saturated heterocycles. The molecular formula is C22H23F6NO4S. The first-order chi connectivity index (χ1) is 15.6. The highest BCUT2D eigenvalue weighted by atomic mass is 32.2. The Kier molecular flexibility index (Phi) is 6.38. The molecule has 0 bridgehead atoms. The summed E-state index contributed by atoms with van der Waals surface area (Å²) in [6.45, 7) is 6.74. The molecule has 0 saturated carbocycles. The van der Waals surface area contributed by atoms with Crippen LogP contribution in [0.1, 0.15) is 34.1 Å². The molecule has 0 amide bonds. The van der Waals surface area contributed by atoms with Gasteiger partial charge in [-0.3, -0.25) is 0 Å². The van der Waals surface area contributed by atoms with Gasteiger partial charge in [0.15, 0.2) is 17.4 Å². The molecule has 12 heteroatoms. The average molecular weight is 511 g/mol. The lowest BCUT2D eigenvalue weighted by Gasteiger charge is -2.24. The fourth-order valence-corrected chi connectivity index (χ4v) is 5.02. The van der Waals surface area contributed by atoms with Crippen molar-refractivity contribution < 1.29 is 45.3 Å². The number of hydrogen-bond donors (Lipinski definition) is 0. The van der Waals surface area contributed by atoms with Gasteiger partial charge in [-0.25, -0.2) is 9.38 Å². The molecule has 0 spiro atoms. The van der Waals surface area contributed by atoms with E-state index in [0.29, 0.717) is 0 Å². The molecule has 1 aromatic carbocycles. The van der Waals surface area contributed by atoms with Gasteiger partial charge in [-0.2, -0.15) is 22.0 Å². The van der Waals surface area contributed by atoms with Gasteiger partial charge in [0.2, 0.25) is 0 Å². The third kappa shape index (κ3) is 4.88. The molecule has 3 atom stereocenters. The number of para-hydroxylation sites is 1. The highest BCUT2D eigenvalue weighted by Gasteiger charge is 2.62. The summed E-state index contributed by atoms with van der Waals surface area (Å²) in [6.07, 6.45) is -8.79. The second-order valence-corrected chi connectivity index (χ2v) is 10.1. The van der Waals surface area contributed by atoms with E-state index in [4.69, 9.17) is 18.9 Å². The predicted molar refractivity (Wildman–Crippen MR) is 112 cm³/mol. The molecule has 0 aliphatic carbocycles. The molecule has 188 valence electrons. The summed E-state index contributed by atoms with van der Waals surface area (Å²) in [4.78, 5) is 2.33. The number of rotatable bonds is 4. The second-order valence-electron chi connectivity index (χ2n) is 9.05. The molecule has 0 aromatic heterocycles. The summed E-state index contributed by atoms with van der Waals surface area (Å²) in [6, 6.07) is 5.69. The van der Waals surface area contributed by atoms with E-state index >= 15 is 4.39 Å². The Morgan fingerprint density at radius 1 is 1.00 bits per heavy atom. The van der Waals surface area contributed by atoms with Crippen LogP contribution in [-0.2, 0) is 18.9 Å². The number of benzene rings is 1. The van der Waals surface area contributed by atoms with Gasteiger partial charge in [0.1, 0.15) is 17.1 Å². The smallest absolute Gasteiger partial charge is 0.348 e. The van der Waals surface area contributed by atoms with E-state index in [1.165, 1.54) is 24.3 Å². The predicted octanol–water partition coefficient (Wildman–Crippen LogP) is 6.31. The molecule has 4 rings (SSSR count). The first-order valence-corrected chi connectivity index (χ1v) is 11.3. The van der Waals surface area contributed by atoms with Gasteiger partial charge < -0.3 is 18.9 Å². The number of aliphatic imine (C=N–C) groups is 1. The van der Waals surface area contributed by atoms with Crippen LogP contribution < -0.4 is 0 Å². The molecule has 5 nitrogen and oxygen atoms in total. The van der Waals surface area contributed by atoms with Crippen LogP contribution in [0.15, 0.2) is 44.9 Å². The zero-order chi connectivity index (χ0) is 25.1. The summed E-state index contributed by atoms with van der Waals surface area (Å²) in [7, 11) is 0. The standard InChI is InChI=1S/C22H23F6NO4S/c1-19(2)30-10-14(32-19)17-13(31-20(3,4)33-17)9-12-16(23)18(21(24,25)22(26,27)28)34-15-8-6-5-7-11(15)29-12/h5-8,13-14,17H,9-10H2,1-4H3/t13-,14+,17+/m1/s1. The third-order valence-electron chi connectivity index (χ3n) is 5.44. The van der Waals surface area contributed by atoms with Gasteiger partial charge in [-0.15, -0.1) is 0 Å². The number of thioether (sulfide) groups is 1. The summed E-state index contributed by atoms with van der Waals surface area (Å²) < 4.78 is 107. The van der Waals surface area contributed by atoms with Crippen LogP contribution in [0.2, 0.25) is 0 Å². The lowest BCUT2D eigenvalue weighted by atomic mass is 10.0. The molecule has 3 aliphatic rings. The average Bonchev–Trinajstić information content (AvgIpc) is 3.17. The van der Waals surface area contributed by atoms with Crippen LogP contribution in [0, 0.1) is 0 Å². The van der Waals surface area contributed by atoms with Crippen LogP contribution in [-0.4, -0.2) is 54.3 Å². The van der Waals surface area contributed by atoms with Crippen LogP contribution in [0.3, 0.4) is 0 Å². The van der Waals surface area contributed by atoms with Gasteiger partial charge in [0.25, 0.3) is 0 Å². The Hall–Kier alpha value is -1.60. The molecule has 0 radical (unpaired) electrons. The van der Waals surface area contributed by atoms with Crippen molar-refractivity contribution in [3.05, 3.63) is 35.0 Å². The third-order valence-corrected chi connectivity index (χ3v) is 6.64. The normalized spacial score (nSPS) is 29.1.